The van der Waals surface area contributed by atoms with Crippen LogP contribution in [-0.4, -0.2) is 50.5 Å². The van der Waals surface area contributed by atoms with Crippen molar-refractivity contribution in [2.75, 3.05) is 25.5 Å². The van der Waals surface area contributed by atoms with Gasteiger partial charge in [0, 0.05) is 17.3 Å². The van der Waals surface area contributed by atoms with Crippen molar-refractivity contribution in [2.24, 2.45) is 0 Å². The summed E-state index contributed by atoms with van der Waals surface area (Å²) in [6, 6.07) is 11.7. The SMILES string of the molecule is Cc1cc(C)n(-c2cccc(C(=O)Nc3ccnn3C3CCN(C)CC3)c2)n1. The van der Waals surface area contributed by atoms with E-state index in [0.717, 1.165) is 48.8 Å². The number of rotatable bonds is 4. The second-order valence-corrected chi connectivity index (χ2v) is 7.54. The number of carbonyl (C=O) groups is 1. The summed E-state index contributed by atoms with van der Waals surface area (Å²) in [6.45, 7) is 6.06. The Labute approximate surface area is 165 Å². The largest absolute Gasteiger partial charge is 0.307 e. The highest BCUT2D eigenvalue weighted by Gasteiger charge is 2.21. The van der Waals surface area contributed by atoms with Gasteiger partial charge < -0.3 is 10.2 Å². The summed E-state index contributed by atoms with van der Waals surface area (Å²) in [5.74, 6) is 0.606. The highest BCUT2D eigenvalue weighted by Crippen LogP contribution is 2.25. The zero-order valence-corrected chi connectivity index (χ0v) is 16.6. The summed E-state index contributed by atoms with van der Waals surface area (Å²) >= 11 is 0. The van der Waals surface area contributed by atoms with E-state index in [0.29, 0.717) is 11.6 Å². The third-order valence-electron chi connectivity index (χ3n) is 5.31. The fourth-order valence-electron chi connectivity index (χ4n) is 3.80. The van der Waals surface area contributed by atoms with Gasteiger partial charge in [-0.05, 0) is 71.1 Å². The van der Waals surface area contributed by atoms with Gasteiger partial charge in [-0.1, -0.05) is 6.07 Å². The van der Waals surface area contributed by atoms with Crippen molar-refractivity contribution < 1.29 is 4.79 Å². The smallest absolute Gasteiger partial charge is 0.256 e. The van der Waals surface area contributed by atoms with Gasteiger partial charge in [0.25, 0.3) is 5.91 Å². The molecule has 0 saturated carbocycles. The standard InChI is InChI=1S/C21H26N6O/c1-15-13-16(2)26(24-15)19-6-4-5-17(14-19)21(28)23-20-7-10-22-27(20)18-8-11-25(3)12-9-18/h4-7,10,13-14,18H,8-9,11-12H2,1-3H3,(H,23,28). The molecule has 0 atom stereocenters. The van der Waals surface area contributed by atoms with E-state index in [1.54, 1.807) is 6.20 Å². The summed E-state index contributed by atoms with van der Waals surface area (Å²) in [4.78, 5) is 15.2. The minimum Gasteiger partial charge on any atom is -0.307 e. The highest BCUT2D eigenvalue weighted by atomic mass is 16.1. The van der Waals surface area contributed by atoms with Crippen LogP contribution < -0.4 is 5.32 Å². The number of piperidine rings is 1. The van der Waals surface area contributed by atoms with Crippen molar-refractivity contribution in [1.29, 1.82) is 0 Å². The first kappa shape index (κ1) is 18.4. The van der Waals surface area contributed by atoms with Crippen molar-refractivity contribution in [3.8, 4) is 5.69 Å². The molecular weight excluding hydrogens is 352 g/mol. The minimum absolute atomic E-state index is 0.141. The van der Waals surface area contributed by atoms with Gasteiger partial charge in [0.1, 0.15) is 5.82 Å². The molecule has 2 aromatic heterocycles. The molecule has 0 radical (unpaired) electrons. The van der Waals surface area contributed by atoms with E-state index in [2.05, 4.69) is 27.5 Å². The molecule has 7 heteroatoms. The average molecular weight is 378 g/mol. The minimum atomic E-state index is -0.141. The molecule has 0 bridgehead atoms. The van der Waals surface area contributed by atoms with E-state index in [1.807, 2.05) is 59.6 Å². The molecule has 1 N–H and O–H groups in total. The van der Waals surface area contributed by atoms with Crippen LogP contribution in [0.2, 0.25) is 0 Å². The number of aromatic nitrogens is 4. The highest BCUT2D eigenvalue weighted by molar-refractivity contribution is 6.04. The van der Waals surface area contributed by atoms with Gasteiger partial charge in [-0.15, -0.1) is 0 Å². The Balaban J connectivity index is 1.53. The Morgan fingerprint density at radius 2 is 1.93 bits per heavy atom. The Hall–Kier alpha value is -2.93. The molecule has 146 valence electrons. The van der Waals surface area contributed by atoms with Crippen LogP contribution in [0.1, 0.15) is 40.6 Å². The number of nitrogens with one attached hydrogen (secondary N) is 1. The monoisotopic (exact) mass is 378 g/mol. The molecule has 1 fully saturated rings. The number of amides is 1. The molecule has 1 aliphatic heterocycles. The van der Waals surface area contributed by atoms with Crippen LogP contribution in [-0.2, 0) is 0 Å². The molecule has 1 amide bonds. The lowest BCUT2D eigenvalue weighted by Gasteiger charge is -2.30. The number of hydrogen-bond acceptors (Lipinski definition) is 4. The first-order valence-corrected chi connectivity index (χ1v) is 9.68. The zero-order valence-electron chi connectivity index (χ0n) is 16.6. The molecular formula is C21H26N6O. The molecule has 28 heavy (non-hydrogen) atoms. The molecule has 1 aromatic carbocycles. The van der Waals surface area contributed by atoms with E-state index in [9.17, 15) is 4.79 Å². The lowest BCUT2D eigenvalue weighted by atomic mass is 10.1. The van der Waals surface area contributed by atoms with E-state index in [-0.39, 0.29) is 5.91 Å². The molecule has 0 unspecified atom stereocenters. The van der Waals surface area contributed by atoms with Crippen LogP contribution in [0.15, 0.2) is 42.6 Å². The third-order valence-corrected chi connectivity index (χ3v) is 5.31. The van der Waals surface area contributed by atoms with Crippen LogP contribution in [0.4, 0.5) is 5.82 Å². The molecule has 0 spiro atoms. The number of anilines is 1. The van der Waals surface area contributed by atoms with Crippen LogP contribution in [0.25, 0.3) is 5.69 Å². The Morgan fingerprint density at radius 1 is 1.14 bits per heavy atom. The molecule has 4 rings (SSSR count). The topological polar surface area (TPSA) is 68.0 Å². The molecule has 3 heterocycles. The van der Waals surface area contributed by atoms with Gasteiger partial charge in [0.15, 0.2) is 0 Å². The predicted octanol–water partition coefficient (Wildman–Crippen LogP) is 3.20. The summed E-state index contributed by atoms with van der Waals surface area (Å²) in [5, 5.41) is 12.0. The quantitative estimate of drug-likeness (QED) is 0.757. The zero-order chi connectivity index (χ0) is 19.7. The fourth-order valence-corrected chi connectivity index (χ4v) is 3.80. The number of aryl methyl sites for hydroxylation is 2. The lowest BCUT2D eigenvalue weighted by molar-refractivity contribution is 0.102. The van der Waals surface area contributed by atoms with Crippen molar-refractivity contribution in [2.45, 2.75) is 32.7 Å². The maximum Gasteiger partial charge on any atom is 0.256 e. The van der Waals surface area contributed by atoms with Crippen LogP contribution in [0, 0.1) is 13.8 Å². The Kier molecular flexibility index (Phi) is 5.00. The fraction of sp³-hybridized carbons (Fsp3) is 0.381. The van der Waals surface area contributed by atoms with Crippen molar-refractivity contribution in [3.05, 3.63) is 59.5 Å². The van der Waals surface area contributed by atoms with Gasteiger partial charge in [-0.25, -0.2) is 9.36 Å². The molecule has 1 saturated heterocycles. The van der Waals surface area contributed by atoms with Crippen LogP contribution >= 0.6 is 0 Å². The maximum absolute atomic E-state index is 12.9. The Morgan fingerprint density at radius 3 is 2.64 bits per heavy atom. The molecule has 3 aromatic rings. The van der Waals surface area contributed by atoms with E-state index < -0.39 is 0 Å². The summed E-state index contributed by atoms with van der Waals surface area (Å²) in [6.07, 6.45) is 3.82. The third kappa shape index (κ3) is 3.71. The number of benzene rings is 1. The molecule has 7 nitrogen and oxygen atoms in total. The molecule has 1 aliphatic rings. The van der Waals surface area contributed by atoms with Crippen LogP contribution in [0.5, 0.6) is 0 Å². The maximum atomic E-state index is 12.9. The lowest BCUT2D eigenvalue weighted by Crippen LogP contribution is -2.32. The summed E-state index contributed by atoms with van der Waals surface area (Å²) in [7, 11) is 2.14. The first-order valence-electron chi connectivity index (χ1n) is 9.68. The van der Waals surface area contributed by atoms with Gasteiger partial charge in [0.2, 0.25) is 0 Å². The second kappa shape index (κ2) is 7.59. The van der Waals surface area contributed by atoms with Crippen molar-refractivity contribution >= 4 is 11.7 Å². The van der Waals surface area contributed by atoms with Gasteiger partial charge in [0.05, 0.1) is 23.6 Å². The normalized spacial score (nSPS) is 15.7. The average Bonchev–Trinajstić information content (AvgIpc) is 3.28. The van der Waals surface area contributed by atoms with Crippen LogP contribution in [0.3, 0.4) is 0 Å². The van der Waals surface area contributed by atoms with E-state index in [1.165, 1.54) is 0 Å². The van der Waals surface area contributed by atoms with E-state index >= 15 is 0 Å². The molecule has 0 aliphatic carbocycles. The predicted molar refractivity (Wildman–Crippen MR) is 109 cm³/mol. The number of nitrogens with zero attached hydrogens (tertiary/aromatic N) is 5. The summed E-state index contributed by atoms with van der Waals surface area (Å²) < 4.78 is 3.81. The summed E-state index contributed by atoms with van der Waals surface area (Å²) in [5.41, 5.74) is 3.47. The van der Waals surface area contributed by atoms with E-state index in [4.69, 9.17) is 0 Å². The van der Waals surface area contributed by atoms with Crippen molar-refractivity contribution in [1.82, 2.24) is 24.5 Å². The number of hydrogen-bond donors (Lipinski definition) is 1. The Bertz CT molecular complexity index is 980. The van der Waals surface area contributed by atoms with Crippen molar-refractivity contribution in [3.63, 3.8) is 0 Å². The van der Waals surface area contributed by atoms with Gasteiger partial charge in [-0.3, -0.25) is 4.79 Å². The second-order valence-electron chi connectivity index (χ2n) is 7.54. The van der Waals surface area contributed by atoms with Gasteiger partial charge in [-0.2, -0.15) is 10.2 Å². The number of likely N-dealkylation sites (tertiary alicyclic amines) is 1. The van der Waals surface area contributed by atoms with Gasteiger partial charge >= 0.3 is 0 Å². The first-order chi connectivity index (χ1) is 13.5. The number of carbonyl (C=O) groups excluding carboxylic acids is 1.